The number of phenolic OH excluding ortho intramolecular Hbond substituents is 1. The lowest BCUT2D eigenvalue weighted by molar-refractivity contribution is -0.319. The van der Waals surface area contributed by atoms with Crippen LogP contribution in [0.2, 0.25) is 0 Å². The van der Waals surface area contributed by atoms with Crippen molar-refractivity contribution in [3.63, 3.8) is 0 Å². The Bertz CT molecular complexity index is 718. The number of rotatable bonds is 6. The molecule has 1 saturated heterocycles. The first kappa shape index (κ1) is 22.7. The zero-order valence-corrected chi connectivity index (χ0v) is 16.4. The van der Waals surface area contributed by atoms with Crippen molar-refractivity contribution in [3.05, 3.63) is 35.9 Å². The van der Waals surface area contributed by atoms with E-state index in [2.05, 4.69) is 0 Å². The molecule has 5 N–H and O–H groups in total. The van der Waals surface area contributed by atoms with E-state index < -0.39 is 55.5 Å². The second kappa shape index (κ2) is 10.3. The molecule has 2 fully saturated rings. The molecule has 0 bridgehead atoms. The molecule has 3 rings (SSSR count). The highest BCUT2D eigenvalue weighted by atomic mass is 16.7. The van der Waals surface area contributed by atoms with Crippen molar-refractivity contribution >= 4 is 12.0 Å². The highest BCUT2D eigenvalue weighted by Crippen LogP contribution is 2.29. The van der Waals surface area contributed by atoms with E-state index in [1.807, 2.05) is 0 Å². The highest BCUT2D eigenvalue weighted by Gasteiger charge is 2.48. The lowest BCUT2D eigenvalue weighted by Crippen LogP contribution is -2.61. The Balaban J connectivity index is 1.61. The van der Waals surface area contributed by atoms with Crippen LogP contribution in [0.15, 0.2) is 30.3 Å². The molecule has 1 aromatic carbocycles. The highest BCUT2D eigenvalue weighted by molar-refractivity contribution is 5.87. The number of benzene rings is 1. The molecule has 1 aliphatic carbocycles. The Kier molecular flexibility index (Phi) is 7.81. The van der Waals surface area contributed by atoms with Crippen molar-refractivity contribution in [2.75, 3.05) is 6.61 Å². The van der Waals surface area contributed by atoms with Gasteiger partial charge in [-0.3, -0.25) is 0 Å². The van der Waals surface area contributed by atoms with Crippen molar-refractivity contribution in [1.29, 1.82) is 0 Å². The van der Waals surface area contributed by atoms with Gasteiger partial charge in [0, 0.05) is 6.08 Å². The third-order valence-corrected chi connectivity index (χ3v) is 5.35. The Morgan fingerprint density at radius 2 is 1.80 bits per heavy atom. The summed E-state index contributed by atoms with van der Waals surface area (Å²) in [5.41, 5.74) is 0.642. The van der Waals surface area contributed by atoms with Crippen LogP contribution >= 0.6 is 0 Å². The van der Waals surface area contributed by atoms with Crippen LogP contribution < -0.4 is 0 Å². The maximum absolute atomic E-state index is 12.2. The number of aliphatic hydroxyl groups excluding tert-OH is 4. The van der Waals surface area contributed by atoms with E-state index in [4.69, 9.17) is 14.2 Å². The van der Waals surface area contributed by atoms with Crippen molar-refractivity contribution in [2.45, 2.75) is 68.6 Å². The van der Waals surface area contributed by atoms with Crippen LogP contribution in [-0.2, 0) is 19.0 Å². The number of carbonyl (C=O) groups is 1. The minimum absolute atomic E-state index is 0.0921. The van der Waals surface area contributed by atoms with Crippen LogP contribution in [0, 0.1) is 0 Å². The molecule has 0 amide bonds. The van der Waals surface area contributed by atoms with Gasteiger partial charge >= 0.3 is 5.97 Å². The molecule has 166 valence electrons. The predicted octanol–water partition coefficient (Wildman–Crippen LogP) is 0.0763. The van der Waals surface area contributed by atoms with E-state index in [0.717, 1.165) is 18.9 Å². The maximum Gasteiger partial charge on any atom is 0.331 e. The largest absolute Gasteiger partial charge is 0.508 e. The Morgan fingerprint density at radius 1 is 1.10 bits per heavy atom. The van der Waals surface area contributed by atoms with Crippen LogP contribution in [0.1, 0.15) is 31.2 Å². The van der Waals surface area contributed by atoms with E-state index in [-0.39, 0.29) is 5.75 Å². The summed E-state index contributed by atoms with van der Waals surface area (Å²) in [6.07, 6.45) is -2.50. The molecule has 9 heteroatoms. The first-order chi connectivity index (χ1) is 14.4. The lowest BCUT2D eigenvalue weighted by Gasteiger charge is -2.43. The van der Waals surface area contributed by atoms with Gasteiger partial charge in [-0.2, -0.15) is 0 Å². The zero-order chi connectivity index (χ0) is 21.7. The van der Waals surface area contributed by atoms with Gasteiger partial charge in [0.1, 0.15) is 24.1 Å². The van der Waals surface area contributed by atoms with Gasteiger partial charge in [-0.25, -0.2) is 4.79 Å². The van der Waals surface area contributed by atoms with E-state index >= 15 is 0 Å². The van der Waals surface area contributed by atoms with E-state index in [0.29, 0.717) is 18.4 Å². The topological polar surface area (TPSA) is 146 Å². The molecule has 1 aliphatic heterocycles. The second-order valence-electron chi connectivity index (χ2n) is 7.56. The molecule has 2 aliphatic rings. The van der Waals surface area contributed by atoms with Gasteiger partial charge in [-0.1, -0.05) is 25.0 Å². The quantitative estimate of drug-likeness (QED) is 0.316. The van der Waals surface area contributed by atoms with Gasteiger partial charge in [-0.05, 0) is 36.6 Å². The van der Waals surface area contributed by atoms with Gasteiger partial charge in [0.2, 0.25) is 0 Å². The Morgan fingerprint density at radius 3 is 2.47 bits per heavy atom. The standard InChI is InChI=1S/C21H28O9/c22-11-16-20(30-17(25)10-7-12-5-8-13(23)9-6-12)18(26)19(27)21(29-16)28-15-4-2-1-3-14(15)24/h5-10,14-16,18-24,26-27H,1-4,11H2/b10-7+/t14-,15-,16+,18+,19+,20+,21+/m0/s1. The normalized spacial score (nSPS) is 34.7. The molecule has 9 nitrogen and oxygen atoms in total. The molecule has 0 radical (unpaired) electrons. The first-order valence-electron chi connectivity index (χ1n) is 10.0. The number of hydrogen-bond acceptors (Lipinski definition) is 9. The van der Waals surface area contributed by atoms with Crippen LogP contribution in [0.5, 0.6) is 5.75 Å². The van der Waals surface area contributed by atoms with Crippen molar-refractivity contribution in [3.8, 4) is 5.75 Å². The van der Waals surface area contributed by atoms with Crippen LogP contribution in [0.4, 0.5) is 0 Å². The molecular formula is C21H28O9. The Labute approximate surface area is 174 Å². The van der Waals surface area contributed by atoms with Gasteiger partial charge < -0.3 is 39.7 Å². The maximum atomic E-state index is 12.2. The van der Waals surface area contributed by atoms with E-state index in [9.17, 15) is 30.3 Å². The molecule has 1 saturated carbocycles. The van der Waals surface area contributed by atoms with Crippen molar-refractivity contribution in [2.24, 2.45) is 0 Å². The number of ether oxygens (including phenoxy) is 3. The van der Waals surface area contributed by atoms with E-state index in [1.54, 1.807) is 12.1 Å². The number of carbonyl (C=O) groups excluding carboxylic acids is 1. The van der Waals surface area contributed by atoms with E-state index in [1.165, 1.54) is 18.2 Å². The van der Waals surface area contributed by atoms with Crippen molar-refractivity contribution < 1.29 is 44.5 Å². The SMILES string of the molecule is O=C(/C=C/c1ccc(O)cc1)O[C@H]1[C@H](O)[C@@H](O)[C@H](O[C@H]2CCCC[C@@H]2O)O[C@@H]1CO. The summed E-state index contributed by atoms with van der Waals surface area (Å²) < 4.78 is 16.4. The average molecular weight is 424 g/mol. The third-order valence-electron chi connectivity index (χ3n) is 5.35. The number of phenols is 1. The van der Waals surface area contributed by atoms with Crippen LogP contribution in [0.25, 0.3) is 6.08 Å². The summed E-state index contributed by atoms with van der Waals surface area (Å²) >= 11 is 0. The number of aromatic hydroxyl groups is 1. The Hall–Kier alpha value is -2.01. The van der Waals surface area contributed by atoms with Crippen molar-refractivity contribution in [1.82, 2.24) is 0 Å². The summed E-state index contributed by atoms with van der Waals surface area (Å²) in [6, 6.07) is 6.12. The van der Waals surface area contributed by atoms with Crippen LogP contribution in [-0.4, -0.2) is 81.0 Å². The second-order valence-corrected chi connectivity index (χ2v) is 7.56. The molecule has 0 spiro atoms. The van der Waals surface area contributed by atoms with Gasteiger partial charge in [0.15, 0.2) is 12.4 Å². The number of esters is 1. The predicted molar refractivity (Wildman–Crippen MR) is 104 cm³/mol. The summed E-state index contributed by atoms with van der Waals surface area (Å²) in [6.45, 7) is -0.573. The monoisotopic (exact) mass is 424 g/mol. The molecule has 1 heterocycles. The number of hydrogen-bond donors (Lipinski definition) is 5. The summed E-state index contributed by atoms with van der Waals surface area (Å²) in [7, 11) is 0. The van der Waals surface area contributed by atoms with Gasteiger partial charge in [0.25, 0.3) is 0 Å². The molecule has 1 aromatic rings. The molecule has 0 aromatic heterocycles. The fourth-order valence-corrected chi connectivity index (χ4v) is 3.64. The smallest absolute Gasteiger partial charge is 0.331 e. The van der Waals surface area contributed by atoms with Gasteiger partial charge in [-0.15, -0.1) is 0 Å². The third kappa shape index (κ3) is 5.57. The summed E-state index contributed by atoms with van der Waals surface area (Å²) in [4.78, 5) is 12.2. The lowest BCUT2D eigenvalue weighted by atomic mass is 9.94. The van der Waals surface area contributed by atoms with Crippen LogP contribution in [0.3, 0.4) is 0 Å². The molecule has 30 heavy (non-hydrogen) atoms. The molecular weight excluding hydrogens is 396 g/mol. The first-order valence-corrected chi connectivity index (χ1v) is 10.0. The van der Waals surface area contributed by atoms with Gasteiger partial charge in [0.05, 0.1) is 18.8 Å². The fourth-order valence-electron chi connectivity index (χ4n) is 3.64. The summed E-state index contributed by atoms with van der Waals surface area (Å²) in [5, 5.41) is 49.8. The minimum atomic E-state index is -1.55. The molecule has 0 unspecified atom stereocenters. The minimum Gasteiger partial charge on any atom is -0.508 e. The summed E-state index contributed by atoms with van der Waals surface area (Å²) in [5.74, 6) is -0.710. The number of aliphatic hydroxyl groups is 4. The average Bonchev–Trinajstić information content (AvgIpc) is 2.74. The zero-order valence-electron chi connectivity index (χ0n) is 16.4. The molecule has 7 atom stereocenters. The fraction of sp³-hybridized carbons (Fsp3) is 0.571.